The molecule has 31 heavy (non-hydrogen) atoms. The molecule has 0 aromatic heterocycles. The summed E-state index contributed by atoms with van der Waals surface area (Å²) in [6, 6.07) is 12.3. The van der Waals surface area contributed by atoms with Crippen LogP contribution in [0.25, 0.3) is 6.08 Å². The van der Waals surface area contributed by atoms with Gasteiger partial charge in [-0.2, -0.15) is 0 Å². The highest BCUT2D eigenvalue weighted by Gasteiger charge is 2.64. The Labute approximate surface area is 177 Å². The fraction of sp³-hybridized carbons (Fsp3) is 0.217. The van der Waals surface area contributed by atoms with Crippen LogP contribution in [0.1, 0.15) is 27.5 Å². The van der Waals surface area contributed by atoms with Gasteiger partial charge in [-0.1, -0.05) is 36.4 Å². The average molecular weight is 417 g/mol. The van der Waals surface area contributed by atoms with Crippen molar-refractivity contribution in [3.8, 4) is 0 Å². The predicted octanol–water partition coefficient (Wildman–Crippen LogP) is 1.47. The fourth-order valence-corrected chi connectivity index (χ4v) is 5.07. The third kappa shape index (κ3) is 2.54. The molecule has 3 aliphatic rings. The quantitative estimate of drug-likeness (QED) is 0.598. The van der Waals surface area contributed by atoms with Crippen molar-refractivity contribution < 1.29 is 23.9 Å². The van der Waals surface area contributed by atoms with Crippen LogP contribution in [-0.2, 0) is 19.1 Å². The first-order valence-electron chi connectivity index (χ1n) is 9.84. The fourth-order valence-electron chi connectivity index (χ4n) is 5.07. The number of anilines is 1. The Morgan fingerprint density at radius 3 is 2.39 bits per heavy atom. The Bertz CT molecular complexity index is 1170. The van der Waals surface area contributed by atoms with Gasteiger partial charge in [0.25, 0.3) is 0 Å². The van der Waals surface area contributed by atoms with Crippen molar-refractivity contribution in [1.82, 2.24) is 4.90 Å². The third-order valence-corrected chi connectivity index (χ3v) is 6.30. The lowest BCUT2D eigenvalue weighted by Crippen LogP contribution is -2.47. The SMILES string of the molecule is COC(=O)c1ccccc1N1C(=O)[C@@H]2[C@H](C1=O)[C@@H]1c3ccccc3C=CN1[C@H]2C(N)=O. The van der Waals surface area contributed by atoms with Gasteiger partial charge in [0.05, 0.1) is 36.2 Å². The first-order chi connectivity index (χ1) is 15.0. The molecule has 0 bridgehead atoms. The number of carbonyl (C=O) groups is 4. The number of carbonyl (C=O) groups excluding carboxylic acids is 4. The van der Waals surface area contributed by atoms with Crippen molar-refractivity contribution in [1.29, 1.82) is 0 Å². The molecule has 2 aromatic rings. The van der Waals surface area contributed by atoms with Crippen LogP contribution in [0.2, 0.25) is 0 Å². The molecule has 0 aliphatic carbocycles. The highest BCUT2D eigenvalue weighted by atomic mass is 16.5. The molecule has 5 rings (SSSR count). The summed E-state index contributed by atoms with van der Waals surface area (Å²) in [5.41, 5.74) is 7.72. The van der Waals surface area contributed by atoms with Gasteiger partial charge < -0.3 is 15.4 Å². The van der Waals surface area contributed by atoms with E-state index in [1.807, 2.05) is 30.3 Å². The first-order valence-corrected chi connectivity index (χ1v) is 9.84. The van der Waals surface area contributed by atoms with Crippen LogP contribution in [-0.4, -0.2) is 41.7 Å². The highest BCUT2D eigenvalue weighted by molar-refractivity contribution is 6.25. The molecular weight excluding hydrogens is 398 g/mol. The smallest absolute Gasteiger partial charge is 0.339 e. The number of hydrogen-bond donors (Lipinski definition) is 1. The number of methoxy groups -OCH3 is 1. The van der Waals surface area contributed by atoms with Crippen molar-refractivity contribution in [3.05, 3.63) is 71.4 Å². The van der Waals surface area contributed by atoms with Crippen LogP contribution in [0.3, 0.4) is 0 Å². The molecule has 8 heteroatoms. The predicted molar refractivity (Wildman–Crippen MR) is 110 cm³/mol. The van der Waals surface area contributed by atoms with Gasteiger partial charge in [-0.05, 0) is 29.3 Å². The van der Waals surface area contributed by atoms with E-state index in [-0.39, 0.29) is 11.3 Å². The number of imide groups is 1. The normalized spacial score (nSPS) is 25.8. The number of para-hydroxylation sites is 1. The van der Waals surface area contributed by atoms with Crippen LogP contribution < -0.4 is 10.6 Å². The topological polar surface area (TPSA) is 110 Å². The molecule has 0 spiro atoms. The number of primary amides is 1. The van der Waals surface area contributed by atoms with Gasteiger partial charge in [0.2, 0.25) is 17.7 Å². The van der Waals surface area contributed by atoms with Crippen molar-refractivity contribution in [2.75, 3.05) is 12.0 Å². The van der Waals surface area contributed by atoms with Gasteiger partial charge in [0, 0.05) is 6.20 Å². The number of hydrogen-bond acceptors (Lipinski definition) is 6. The number of ether oxygens (including phenoxy) is 1. The number of rotatable bonds is 3. The lowest BCUT2D eigenvalue weighted by Gasteiger charge is -2.34. The summed E-state index contributed by atoms with van der Waals surface area (Å²) >= 11 is 0. The van der Waals surface area contributed by atoms with Gasteiger partial charge in [-0.25, -0.2) is 9.69 Å². The minimum atomic E-state index is -0.966. The van der Waals surface area contributed by atoms with E-state index in [2.05, 4.69) is 0 Å². The zero-order valence-electron chi connectivity index (χ0n) is 16.6. The molecule has 4 atom stereocenters. The molecule has 8 nitrogen and oxygen atoms in total. The Balaban J connectivity index is 1.66. The minimum absolute atomic E-state index is 0.100. The Hall–Kier alpha value is -3.94. The van der Waals surface area contributed by atoms with E-state index in [1.165, 1.54) is 19.2 Å². The second kappa shape index (κ2) is 6.80. The lowest BCUT2D eigenvalue weighted by molar-refractivity contribution is -0.129. The second-order valence-corrected chi connectivity index (χ2v) is 7.76. The number of esters is 1. The van der Waals surface area contributed by atoms with E-state index in [1.54, 1.807) is 23.2 Å². The molecule has 2 N–H and O–H groups in total. The van der Waals surface area contributed by atoms with E-state index in [4.69, 9.17) is 10.5 Å². The molecule has 3 amide bonds. The van der Waals surface area contributed by atoms with E-state index < -0.39 is 47.6 Å². The van der Waals surface area contributed by atoms with Crippen LogP contribution in [0.15, 0.2) is 54.7 Å². The van der Waals surface area contributed by atoms with Gasteiger partial charge >= 0.3 is 5.97 Å². The zero-order chi connectivity index (χ0) is 21.9. The van der Waals surface area contributed by atoms with Gasteiger partial charge in [-0.15, -0.1) is 0 Å². The second-order valence-electron chi connectivity index (χ2n) is 7.76. The number of amides is 3. The number of nitrogens with zero attached hydrogens (tertiary/aromatic N) is 2. The summed E-state index contributed by atoms with van der Waals surface area (Å²) in [4.78, 5) is 54.6. The average Bonchev–Trinajstić information content (AvgIpc) is 3.26. The molecule has 2 saturated heterocycles. The molecule has 156 valence electrons. The van der Waals surface area contributed by atoms with Gasteiger partial charge in [-0.3, -0.25) is 14.4 Å². The largest absolute Gasteiger partial charge is 0.465 e. The van der Waals surface area contributed by atoms with Crippen molar-refractivity contribution in [2.45, 2.75) is 12.1 Å². The van der Waals surface area contributed by atoms with Gasteiger partial charge in [0.1, 0.15) is 6.04 Å². The summed E-state index contributed by atoms with van der Waals surface area (Å²) < 4.78 is 4.81. The summed E-state index contributed by atoms with van der Waals surface area (Å²) in [6.07, 6.45) is 3.58. The van der Waals surface area contributed by atoms with Crippen molar-refractivity contribution >= 4 is 35.5 Å². The van der Waals surface area contributed by atoms with Crippen LogP contribution in [0, 0.1) is 11.8 Å². The van der Waals surface area contributed by atoms with E-state index in [0.717, 1.165) is 16.0 Å². The zero-order valence-corrected chi connectivity index (χ0v) is 16.6. The van der Waals surface area contributed by atoms with Crippen LogP contribution in [0.5, 0.6) is 0 Å². The van der Waals surface area contributed by atoms with Crippen LogP contribution in [0.4, 0.5) is 5.69 Å². The lowest BCUT2D eigenvalue weighted by atomic mass is 9.84. The molecule has 2 aromatic carbocycles. The Kier molecular flexibility index (Phi) is 4.18. The maximum absolute atomic E-state index is 13.6. The Morgan fingerprint density at radius 2 is 1.65 bits per heavy atom. The summed E-state index contributed by atoms with van der Waals surface area (Å²) in [5, 5.41) is 0. The molecule has 0 unspecified atom stereocenters. The monoisotopic (exact) mass is 417 g/mol. The number of nitrogens with two attached hydrogens (primary N) is 1. The highest BCUT2D eigenvalue weighted by Crippen LogP contribution is 2.53. The van der Waals surface area contributed by atoms with Crippen molar-refractivity contribution in [2.24, 2.45) is 17.6 Å². The van der Waals surface area contributed by atoms with Gasteiger partial charge in [0.15, 0.2) is 0 Å². The van der Waals surface area contributed by atoms with E-state index in [0.29, 0.717) is 0 Å². The third-order valence-electron chi connectivity index (χ3n) is 6.30. The first kappa shape index (κ1) is 19.0. The maximum Gasteiger partial charge on any atom is 0.339 e. The summed E-state index contributed by atoms with van der Waals surface area (Å²) in [6.45, 7) is 0. The van der Waals surface area contributed by atoms with Crippen molar-refractivity contribution in [3.63, 3.8) is 0 Å². The minimum Gasteiger partial charge on any atom is -0.465 e. The Morgan fingerprint density at radius 1 is 0.968 bits per heavy atom. The molecular formula is C23H19N3O5. The standard InChI is InChI=1S/C23H19N3O5/c1-31-23(30)14-8-4-5-9-15(14)26-21(28)16-17(22(26)29)19(20(24)27)25-11-10-12-6-2-3-7-13(12)18(16)25/h2-11,16-19H,1H3,(H2,24,27)/t16-,17+,18-,19+/m0/s1. The molecule has 3 heterocycles. The van der Waals surface area contributed by atoms with E-state index in [9.17, 15) is 19.2 Å². The molecule has 0 radical (unpaired) electrons. The maximum atomic E-state index is 13.6. The molecule has 0 saturated carbocycles. The summed E-state index contributed by atoms with van der Waals surface area (Å²) in [5.74, 6) is -4.10. The number of benzene rings is 2. The van der Waals surface area contributed by atoms with Crippen LogP contribution >= 0.6 is 0 Å². The van der Waals surface area contributed by atoms with E-state index >= 15 is 0 Å². The summed E-state index contributed by atoms with van der Waals surface area (Å²) in [7, 11) is 1.23. The molecule has 3 aliphatic heterocycles. The molecule has 2 fully saturated rings. The number of fused-ring (bicyclic) bond motifs is 5.